The fourth-order valence-electron chi connectivity index (χ4n) is 1.99. The maximum absolute atomic E-state index is 12.2. The molecule has 25 heavy (non-hydrogen) atoms. The molecule has 0 aliphatic carbocycles. The molecule has 0 bridgehead atoms. The van der Waals surface area contributed by atoms with Crippen LogP contribution in [0.15, 0.2) is 48.5 Å². The third-order valence-electron chi connectivity index (χ3n) is 3.14. The van der Waals surface area contributed by atoms with Gasteiger partial charge in [0.25, 0.3) is 5.91 Å². The number of benzene rings is 2. The van der Waals surface area contributed by atoms with Crippen molar-refractivity contribution in [2.45, 2.75) is 13.0 Å². The van der Waals surface area contributed by atoms with Gasteiger partial charge in [0.15, 0.2) is 6.10 Å². The molecule has 7 nitrogen and oxygen atoms in total. The van der Waals surface area contributed by atoms with Gasteiger partial charge in [0.1, 0.15) is 11.8 Å². The van der Waals surface area contributed by atoms with Crippen molar-refractivity contribution in [2.75, 3.05) is 16.3 Å². The minimum absolute atomic E-state index is 0.334. The van der Waals surface area contributed by atoms with Crippen LogP contribution in [0, 0.1) is 11.3 Å². The number of carbonyl (C=O) groups excluding carboxylic acids is 1. The van der Waals surface area contributed by atoms with E-state index >= 15 is 0 Å². The first-order valence-corrected chi connectivity index (χ1v) is 9.22. The fraction of sp³-hybridized carbons (Fsp3) is 0.176. The maximum Gasteiger partial charge on any atom is 0.265 e. The Morgan fingerprint density at radius 3 is 2.32 bits per heavy atom. The molecule has 0 fully saturated rings. The van der Waals surface area contributed by atoms with Crippen LogP contribution in [0.25, 0.3) is 0 Å². The highest BCUT2D eigenvalue weighted by Crippen LogP contribution is 2.19. The van der Waals surface area contributed by atoms with Crippen molar-refractivity contribution < 1.29 is 17.9 Å². The highest BCUT2D eigenvalue weighted by Gasteiger charge is 2.16. The minimum atomic E-state index is -3.35. The Bertz CT molecular complexity index is 902. The highest BCUT2D eigenvalue weighted by atomic mass is 32.2. The zero-order chi connectivity index (χ0) is 18.4. The molecule has 0 saturated heterocycles. The normalized spacial score (nSPS) is 11.9. The largest absolute Gasteiger partial charge is 0.480 e. The van der Waals surface area contributed by atoms with Crippen LogP contribution in [0.2, 0.25) is 0 Å². The van der Waals surface area contributed by atoms with E-state index in [1.54, 1.807) is 43.3 Å². The number of hydrogen-bond acceptors (Lipinski definition) is 5. The molecule has 0 aromatic heterocycles. The van der Waals surface area contributed by atoms with Crippen LogP contribution >= 0.6 is 0 Å². The zero-order valence-corrected chi connectivity index (χ0v) is 14.5. The summed E-state index contributed by atoms with van der Waals surface area (Å²) in [6.07, 6.45) is 0.240. The predicted molar refractivity (Wildman–Crippen MR) is 94.8 cm³/mol. The minimum Gasteiger partial charge on any atom is -0.480 e. The summed E-state index contributed by atoms with van der Waals surface area (Å²) in [4.78, 5) is 12.2. The SMILES string of the molecule is CC(Oc1ccccc1C#N)C(=O)Nc1ccc(NS(C)(=O)=O)cc1. The van der Waals surface area contributed by atoms with Gasteiger partial charge < -0.3 is 10.1 Å². The molecule has 0 spiro atoms. The molecule has 0 heterocycles. The first kappa shape index (κ1) is 18.3. The second-order valence-electron chi connectivity index (χ2n) is 5.31. The molecule has 0 radical (unpaired) electrons. The standard InChI is InChI=1S/C17H17N3O4S/c1-12(24-16-6-4-3-5-13(16)11-18)17(21)19-14-7-9-15(10-8-14)20-25(2,22)23/h3-10,12,20H,1-2H3,(H,19,21). The number of carbonyl (C=O) groups is 1. The summed E-state index contributed by atoms with van der Waals surface area (Å²) in [5.41, 5.74) is 1.24. The summed E-state index contributed by atoms with van der Waals surface area (Å²) >= 11 is 0. The van der Waals surface area contributed by atoms with E-state index in [2.05, 4.69) is 10.0 Å². The van der Waals surface area contributed by atoms with E-state index in [1.165, 1.54) is 12.1 Å². The van der Waals surface area contributed by atoms with Crippen molar-refractivity contribution in [2.24, 2.45) is 0 Å². The van der Waals surface area contributed by atoms with Gasteiger partial charge in [-0.2, -0.15) is 5.26 Å². The van der Waals surface area contributed by atoms with Gasteiger partial charge in [0, 0.05) is 11.4 Å². The summed E-state index contributed by atoms with van der Waals surface area (Å²) in [6.45, 7) is 1.57. The van der Waals surface area contributed by atoms with E-state index < -0.39 is 22.0 Å². The van der Waals surface area contributed by atoms with Gasteiger partial charge in [-0.1, -0.05) is 12.1 Å². The zero-order valence-electron chi connectivity index (χ0n) is 13.7. The molecule has 2 N–H and O–H groups in total. The van der Waals surface area contributed by atoms with Crippen LogP contribution in [0.4, 0.5) is 11.4 Å². The number of para-hydroxylation sites is 1. The lowest BCUT2D eigenvalue weighted by Gasteiger charge is -2.15. The average molecular weight is 359 g/mol. The summed E-state index contributed by atoms with van der Waals surface area (Å²) in [7, 11) is -3.35. The van der Waals surface area contributed by atoms with Crippen LogP contribution in [-0.4, -0.2) is 26.7 Å². The van der Waals surface area contributed by atoms with Crippen molar-refractivity contribution in [3.8, 4) is 11.8 Å². The Balaban J connectivity index is 2.00. The predicted octanol–water partition coefficient (Wildman–Crippen LogP) is 2.34. The molecular weight excluding hydrogens is 342 g/mol. The number of anilines is 2. The van der Waals surface area contributed by atoms with Gasteiger partial charge in [0.05, 0.1) is 11.8 Å². The molecular formula is C17H17N3O4S. The number of sulfonamides is 1. The number of amides is 1. The van der Waals surface area contributed by atoms with Crippen molar-refractivity contribution in [1.82, 2.24) is 0 Å². The Morgan fingerprint density at radius 2 is 1.72 bits per heavy atom. The third-order valence-corrected chi connectivity index (χ3v) is 3.74. The summed E-state index contributed by atoms with van der Waals surface area (Å²) in [6, 6.07) is 14.9. The van der Waals surface area contributed by atoms with Gasteiger partial charge in [-0.15, -0.1) is 0 Å². The fourth-order valence-corrected chi connectivity index (χ4v) is 2.55. The lowest BCUT2D eigenvalue weighted by Crippen LogP contribution is -2.30. The Kier molecular flexibility index (Phi) is 5.62. The second kappa shape index (κ2) is 7.68. The smallest absolute Gasteiger partial charge is 0.265 e. The number of hydrogen-bond donors (Lipinski definition) is 2. The molecule has 1 unspecified atom stereocenters. The first-order valence-electron chi connectivity index (χ1n) is 7.33. The molecule has 2 aromatic carbocycles. The topological polar surface area (TPSA) is 108 Å². The Labute approximate surface area is 146 Å². The van der Waals surface area contributed by atoms with Crippen LogP contribution in [-0.2, 0) is 14.8 Å². The second-order valence-corrected chi connectivity index (χ2v) is 7.06. The molecule has 0 aliphatic rings. The summed E-state index contributed by atoms with van der Waals surface area (Å²) in [5.74, 6) is -0.0584. The molecule has 130 valence electrons. The summed E-state index contributed by atoms with van der Waals surface area (Å²) in [5, 5.41) is 11.7. The van der Waals surface area contributed by atoms with Gasteiger partial charge >= 0.3 is 0 Å². The molecule has 1 amide bonds. The van der Waals surface area contributed by atoms with Crippen molar-refractivity contribution in [3.05, 3.63) is 54.1 Å². The van der Waals surface area contributed by atoms with E-state index in [-0.39, 0.29) is 0 Å². The van der Waals surface area contributed by atoms with Gasteiger partial charge in [-0.25, -0.2) is 8.42 Å². The summed E-state index contributed by atoms with van der Waals surface area (Å²) < 4.78 is 30.2. The number of rotatable bonds is 6. The van der Waals surface area contributed by atoms with E-state index in [0.717, 1.165) is 6.26 Å². The van der Waals surface area contributed by atoms with Crippen molar-refractivity contribution in [3.63, 3.8) is 0 Å². The van der Waals surface area contributed by atoms with Crippen molar-refractivity contribution >= 4 is 27.3 Å². The monoisotopic (exact) mass is 359 g/mol. The molecule has 2 aromatic rings. The van der Waals surface area contributed by atoms with E-state index in [4.69, 9.17) is 10.00 Å². The lowest BCUT2D eigenvalue weighted by molar-refractivity contribution is -0.122. The number of nitriles is 1. The van der Waals surface area contributed by atoms with Crippen LogP contribution in [0.5, 0.6) is 5.75 Å². The van der Waals surface area contributed by atoms with Crippen molar-refractivity contribution in [1.29, 1.82) is 5.26 Å². The number of ether oxygens (including phenoxy) is 1. The Morgan fingerprint density at radius 1 is 1.12 bits per heavy atom. The van der Waals surface area contributed by atoms with Crippen LogP contribution in [0.1, 0.15) is 12.5 Å². The average Bonchev–Trinajstić information content (AvgIpc) is 2.55. The molecule has 8 heteroatoms. The van der Waals surface area contributed by atoms with E-state index in [1.807, 2.05) is 6.07 Å². The van der Waals surface area contributed by atoms with Gasteiger partial charge in [-0.3, -0.25) is 9.52 Å². The van der Waals surface area contributed by atoms with E-state index in [9.17, 15) is 13.2 Å². The number of nitrogens with zero attached hydrogens (tertiary/aromatic N) is 1. The molecule has 0 saturated carbocycles. The third kappa shape index (κ3) is 5.51. The Hall–Kier alpha value is -3.05. The van der Waals surface area contributed by atoms with Gasteiger partial charge in [0.2, 0.25) is 10.0 Å². The quantitative estimate of drug-likeness (QED) is 0.823. The van der Waals surface area contributed by atoms with Crippen LogP contribution < -0.4 is 14.8 Å². The first-order chi connectivity index (χ1) is 11.8. The molecule has 1 atom stereocenters. The lowest BCUT2D eigenvalue weighted by atomic mass is 10.2. The van der Waals surface area contributed by atoms with Crippen LogP contribution in [0.3, 0.4) is 0 Å². The maximum atomic E-state index is 12.2. The molecule has 0 aliphatic heterocycles. The number of nitrogens with one attached hydrogen (secondary N) is 2. The van der Waals surface area contributed by atoms with Gasteiger partial charge in [-0.05, 0) is 43.3 Å². The highest BCUT2D eigenvalue weighted by molar-refractivity contribution is 7.92. The molecule has 2 rings (SSSR count). The van der Waals surface area contributed by atoms with E-state index in [0.29, 0.717) is 22.7 Å².